The number of benzene rings is 1. The van der Waals surface area contributed by atoms with Crippen molar-refractivity contribution in [3.05, 3.63) is 71.6 Å². The monoisotopic (exact) mass is 379 g/mol. The van der Waals surface area contributed by atoms with Crippen molar-refractivity contribution in [2.45, 2.75) is 44.8 Å². The molecule has 0 unspecified atom stereocenters. The second kappa shape index (κ2) is 9.62. The lowest BCUT2D eigenvalue weighted by Crippen LogP contribution is -2.66. The summed E-state index contributed by atoms with van der Waals surface area (Å²) in [6.45, 7) is 5.16. The first kappa shape index (κ1) is 20.2. The molecule has 0 saturated carbocycles. The molecule has 3 atom stereocenters. The second-order valence-electron chi connectivity index (χ2n) is 7.16. The number of allylic oxidation sites excluding steroid dienone is 1. The number of amides is 1. The Kier molecular flexibility index (Phi) is 6.95. The summed E-state index contributed by atoms with van der Waals surface area (Å²) in [4.78, 5) is 18.5. The fourth-order valence-corrected chi connectivity index (χ4v) is 4.00. The lowest BCUT2D eigenvalue weighted by atomic mass is 9.74. The van der Waals surface area contributed by atoms with Gasteiger partial charge in [-0.2, -0.15) is 0 Å². The maximum absolute atomic E-state index is 11.8. The van der Waals surface area contributed by atoms with Gasteiger partial charge in [0.15, 0.2) is 0 Å². The van der Waals surface area contributed by atoms with Crippen molar-refractivity contribution in [1.29, 1.82) is 0 Å². The maximum atomic E-state index is 11.8. The Morgan fingerprint density at radius 1 is 1.21 bits per heavy atom. The Hall–Kier alpha value is -2.50. The molecule has 1 aromatic heterocycles. The molecule has 0 aliphatic carbocycles. The molecule has 0 spiro atoms. The van der Waals surface area contributed by atoms with Crippen LogP contribution in [0, 0.1) is 0 Å². The van der Waals surface area contributed by atoms with E-state index in [0.717, 1.165) is 11.3 Å². The first-order valence-electron chi connectivity index (χ1n) is 9.93. The van der Waals surface area contributed by atoms with Crippen molar-refractivity contribution in [2.24, 2.45) is 0 Å². The van der Waals surface area contributed by atoms with Crippen LogP contribution in [0.3, 0.4) is 0 Å². The van der Waals surface area contributed by atoms with Gasteiger partial charge in [0, 0.05) is 43.7 Å². The number of likely N-dealkylation sites (tertiary alicyclic amines) is 1. The van der Waals surface area contributed by atoms with Crippen LogP contribution < -0.4 is 5.32 Å². The number of carbonyl (C=O) groups is 1. The average molecular weight is 380 g/mol. The van der Waals surface area contributed by atoms with Crippen LogP contribution in [-0.4, -0.2) is 46.1 Å². The zero-order chi connectivity index (χ0) is 19.9. The van der Waals surface area contributed by atoms with E-state index in [9.17, 15) is 9.90 Å². The molecule has 1 fully saturated rings. The average Bonchev–Trinajstić information content (AvgIpc) is 2.72. The molecular formula is C23H29N3O2. The molecule has 3 rings (SSSR count). The van der Waals surface area contributed by atoms with E-state index in [1.165, 1.54) is 5.56 Å². The molecule has 5 nitrogen and oxygen atoms in total. The van der Waals surface area contributed by atoms with Crippen LogP contribution >= 0.6 is 0 Å². The summed E-state index contributed by atoms with van der Waals surface area (Å²) in [6, 6.07) is 14.5. The quantitative estimate of drug-likeness (QED) is 0.740. The molecule has 2 heterocycles. The van der Waals surface area contributed by atoms with E-state index in [2.05, 4.69) is 45.5 Å². The number of nitrogens with zero attached hydrogens (tertiary/aromatic N) is 2. The maximum Gasteiger partial charge on any atom is 0.219 e. The minimum absolute atomic E-state index is 0.0121. The largest absolute Gasteiger partial charge is 0.395 e. The van der Waals surface area contributed by atoms with Gasteiger partial charge in [-0.3, -0.25) is 14.7 Å². The molecule has 1 saturated heterocycles. The molecule has 1 amide bonds. The van der Waals surface area contributed by atoms with Gasteiger partial charge in [-0.25, -0.2) is 0 Å². The predicted molar refractivity (Wildman–Crippen MR) is 112 cm³/mol. The molecule has 28 heavy (non-hydrogen) atoms. The summed E-state index contributed by atoms with van der Waals surface area (Å²) in [5.41, 5.74) is 3.32. The minimum Gasteiger partial charge on any atom is -0.395 e. The van der Waals surface area contributed by atoms with Gasteiger partial charge >= 0.3 is 0 Å². The van der Waals surface area contributed by atoms with E-state index < -0.39 is 0 Å². The molecule has 2 N–H and O–H groups in total. The highest BCUT2D eigenvalue weighted by Crippen LogP contribution is 2.41. The Morgan fingerprint density at radius 2 is 2.00 bits per heavy atom. The minimum atomic E-state index is 0.0121. The van der Waals surface area contributed by atoms with Crippen molar-refractivity contribution in [2.75, 3.05) is 13.2 Å². The molecular weight excluding hydrogens is 350 g/mol. The Balaban J connectivity index is 1.82. The summed E-state index contributed by atoms with van der Waals surface area (Å²) in [5, 5.41) is 13.1. The molecule has 1 aromatic carbocycles. The van der Waals surface area contributed by atoms with E-state index >= 15 is 0 Å². The van der Waals surface area contributed by atoms with Gasteiger partial charge in [-0.15, -0.1) is 0 Å². The number of rotatable bonds is 8. The molecule has 5 heteroatoms. The normalized spacial score (nSPS) is 22.2. The third-order valence-electron chi connectivity index (χ3n) is 5.45. The SMILES string of the molecule is C/C=C/c1ccc([C@@H]2[C@@H](CO)N(Cc3ccccn3)[C@H]2CNC(=O)CC)cc1. The highest BCUT2D eigenvalue weighted by atomic mass is 16.3. The van der Waals surface area contributed by atoms with Gasteiger partial charge in [0.05, 0.1) is 12.3 Å². The fourth-order valence-electron chi connectivity index (χ4n) is 4.00. The van der Waals surface area contributed by atoms with Crippen LogP contribution in [0.1, 0.15) is 43.0 Å². The summed E-state index contributed by atoms with van der Waals surface area (Å²) in [6.07, 6.45) is 6.35. The number of hydrogen-bond donors (Lipinski definition) is 2. The molecule has 1 aliphatic heterocycles. The summed E-state index contributed by atoms with van der Waals surface area (Å²) in [7, 11) is 0. The lowest BCUT2D eigenvalue weighted by Gasteiger charge is -2.55. The van der Waals surface area contributed by atoms with Crippen LogP contribution in [0.4, 0.5) is 0 Å². The van der Waals surface area contributed by atoms with E-state index in [1.54, 1.807) is 6.20 Å². The summed E-state index contributed by atoms with van der Waals surface area (Å²) >= 11 is 0. The Morgan fingerprint density at radius 3 is 2.61 bits per heavy atom. The predicted octanol–water partition coefficient (Wildman–Crippen LogP) is 2.97. The number of carbonyl (C=O) groups excluding carboxylic acids is 1. The molecule has 2 aromatic rings. The Labute approximate surface area is 167 Å². The Bertz CT molecular complexity index is 789. The molecule has 0 bridgehead atoms. The second-order valence-corrected chi connectivity index (χ2v) is 7.16. The standard InChI is InChI=1S/C23H29N3O2/c1-3-7-17-9-11-18(12-10-17)23-20(14-25-22(28)4-2)26(21(23)16-27)15-19-8-5-6-13-24-19/h3,5-13,20-21,23,27H,4,14-16H2,1-2H3,(H,25,28)/b7-3+/t20-,21+,23-/m0/s1. The molecule has 0 radical (unpaired) electrons. The van der Waals surface area contributed by atoms with Gasteiger partial charge in [-0.1, -0.05) is 49.4 Å². The number of hydrogen-bond acceptors (Lipinski definition) is 4. The van der Waals surface area contributed by atoms with Gasteiger partial charge in [0.1, 0.15) is 0 Å². The van der Waals surface area contributed by atoms with Crippen LogP contribution in [-0.2, 0) is 11.3 Å². The first-order chi connectivity index (χ1) is 13.7. The van der Waals surface area contributed by atoms with Gasteiger partial charge in [-0.05, 0) is 30.2 Å². The highest BCUT2D eigenvalue weighted by molar-refractivity contribution is 5.75. The van der Waals surface area contributed by atoms with Crippen molar-refractivity contribution in [3.63, 3.8) is 0 Å². The molecule has 148 valence electrons. The van der Waals surface area contributed by atoms with Gasteiger partial charge < -0.3 is 10.4 Å². The smallest absolute Gasteiger partial charge is 0.219 e. The summed E-state index contributed by atoms with van der Waals surface area (Å²) in [5.74, 6) is 0.220. The van der Waals surface area contributed by atoms with Crippen LogP contribution in [0.25, 0.3) is 6.08 Å². The van der Waals surface area contributed by atoms with Gasteiger partial charge in [0.25, 0.3) is 0 Å². The zero-order valence-electron chi connectivity index (χ0n) is 16.6. The van der Waals surface area contributed by atoms with E-state index in [-0.39, 0.29) is 30.5 Å². The molecule has 1 aliphatic rings. The number of nitrogens with one attached hydrogen (secondary N) is 1. The van der Waals surface area contributed by atoms with Crippen LogP contribution in [0.2, 0.25) is 0 Å². The summed E-state index contributed by atoms with van der Waals surface area (Å²) < 4.78 is 0. The van der Waals surface area contributed by atoms with Gasteiger partial charge in [0.2, 0.25) is 5.91 Å². The number of aliphatic hydroxyl groups excluding tert-OH is 1. The number of aliphatic hydroxyl groups is 1. The third kappa shape index (κ3) is 4.49. The lowest BCUT2D eigenvalue weighted by molar-refractivity contribution is -0.122. The van der Waals surface area contributed by atoms with E-state index in [0.29, 0.717) is 19.5 Å². The van der Waals surface area contributed by atoms with E-state index in [4.69, 9.17) is 0 Å². The first-order valence-corrected chi connectivity index (χ1v) is 9.93. The van der Waals surface area contributed by atoms with Crippen LogP contribution in [0.5, 0.6) is 0 Å². The number of aromatic nitrogens is 1. The zero-order valence-corrected chi connectivity index (χ0v) is 16.6. The highest BCUT2D eigenvalue weighted by Gasteiger charge is 2.48. The topological polar surface area (TPSA) is 65.5 Å². The van der Waals surface area contributed by atoms with Crippen molar-refractivity contribution in [3.8, 4) is 0 Å². The van der Waals surface area contributed by atoms with E-state index in [1.807, 2.05) is 38.1 Å². The number of pyridine rings is 1. The van der Waals surface area contributed by atoms with Crippen molar-refractivity contribution >= 4 is 12.0 Å². The third-order valence-corrected chi connectivity index (χ3v) is 5.45. The van der Waals surface area contributed by atoms with Crippen molar-refractivity contribution in [1.82, 2.24) is 15.2 Å². The fraction of sp³-hybridized carbons (Fsp3) is 0.391. The van der Waals surface area contributed by atoms with Crippen LogP contribution in [0.15, 0.2) is 54.7 Å². The van der Waals surface area contributed by atoms with Crippen molar-refractivity contribution < 1.29 is 9.90 Å².